The van der Waals surface area contributed by atoms with Crippen LogP contribution in [-0.2, 0) is 7.05 Å². The molecule has 0 aliphatic carbocycles. The van der Waals surface area contributed by atoms with Crippen molar-refractivity contribution in [3.8, 4) is 5.88 Å². The molecule has 1 heterocycles. The number of hydrogen-bond donors (Lipinski definition) is 2. The van der Waals surface area contributed by atoms with E-state index in [0.717, 1.165) is 12.2 Å². The Bertz CT molecular complexity index is 422. The molecule has 94 valence electrons. The van der Waals surface area contributed by atoms with Crippen LogP contribution in [0.1, 0.15) is 18.2 Å². The van der Waals surface area contributed by atoms with Crippen molar-refractivity contribution in [2.75, 3.05) is 13.6 Å². The largest absolute Gasteiger partial charge is 0.473 e. The van der Waals surface area contributed by atoms with Gasteiger partial charge in [-0.15, -0.1) is 0 Å². The van der Waals surface area contributed by atoms with E-state index in [1.54, 1.807) is 4.68 Å². The third-order valence-electron chi connectivity index (χ3n) is 2.45. The molecule has 1 aromatic rings. The van der Waals surface area contributed by atoms with Gasteiger partial charge in [0.25, 0.3) is 0 Å². The molecule has 5 nitrogen and oxygen atoms in total. The summed E-state index contributed by atoms with van der Waals surface area (Å²) in [6.07, 6.45) is 1.52. The van der Waals surface area contributed by atoms with Crippen LogP contribution in [0, 0.1) is 12.3 Å². The Morgan fingerprint density at radius 2 is 2.35 bits per heavy atom. The van der Waals surface area contributed by atoms with Gasteiger partial charge in [0.15, 0.2) is 0 Å². The van der Waals surface area contributed by atoms with Gasteiger partial charge >= 0.3 is 0 Å². The molecule has 5 heteroatoms. The smallest absolute Gasteiger partial charge is 0.221 e. The van der Waals surface area contributed by atoms with Crippen molar-refractivity contribution in [1.29, 1.82) is 5.41 Å². The first-order chi connectivity index (χ1) is 8.01. The van der Waals surface area contributed by atoms with Crippen LogP contribution < -0.4 is 10.1 Å². The van der Waals surface area contributed by atoms with Crippen LogP contribution in [0.25, 0.3) is 0 Å². The molecule has 0 fully saturated rings. The lowest BCUT2D eigenvalue weighted by atomic mass is 10.1. The molecule has 0 aliphatic rings. The van der Waals surface area contributed by atoms with E-state index in [-0.39, 0.29) is 6.10 Å². The zero-order valence-corrected chi connectivity index (χ0v) is 10.9. The average molecular weight is 236 g/mol. The summed E-state index contributed by atoms with van der Waals surface area (Å²) < 4.78 is 7.47. The minimum Gasteiger partial charge on any atom is -0.473 e. The summed E-state index contributed by atoms with van der Waals surface area (Å²) in [5.41, 5.74) is 1.83. The standard InChI is InChI=1S/C12H20N4O/c1-6-10(13)11-9(3)15-16(5)12(11)17-8(2)7-14-4/h6,8,13-14H,1,7H2,2-5H3/t8-/m1/s1. The van der Waals surface area contributed by atoms with Crippen LogP contribution in [0.5, 0.6) is 5.88 Å². The number of hydrogen-bond acceptors (Lipinski definition) is 4. The Hall–Kier alpha value is -1.62. The van der Waals surface area contributed by atoms with Crippen LogP contribution in [0.4, 0.5) is 0 Å². The summed E-state index contributed by atoms with van der Waals surface area (Å²) in [5.74, 6) is 0.621. The highest BCUT2D eigenvalue weighted by molar-refractivity contribution is 6.08. The third-order valence-corrected chi connectivity index (χ3v) is 2.45. The maximum absolute atomic E-state index is 7.85. The van der Waals surface area contributed by atoms with Gasteiger partial charge < -0.3 is 15.5 Å². The molecule has 0 amide bonds. The average Bonchev–Trinajstić information content (AvgIpc) is 2.53. The molecule has 0 radical (unpaired) electrons. The first kappa shape index (κ1) is 13.4. The molecule has 1 aromatic heterocycles. The van der Waals surface area contributed by atoms with Gasteiger partial charge in [-0.05, 0) is 27.0 Å². The Labute approximate surface area is 102 Å². The Morgan fingerprint density at radius 3 is 2.88 bits per heavy atom. The lowest BCUT2D eigenvalue weighted by molar-refractivity contribution is 0.202. The van der Waals surface area contributed by atoms with Gasteiger partial charge in [-0.2, -0.15) is 5.10 Å². The van der Waals surface area contributed by atoms with E-state index < -0.39 is 0 Å². The number of likely N-dealkylation sites (N-methyl/N-ethyl adjacent to an activating group) is 1. The molecule has 0 saturated heterocycles. The maximum atomic E-state index is 7.85. The number of allylic oxidation sites excluding steroid dienone is 1. The van der Waals surface area contributed by atoms with Crippen molar-refractivity contribution in [2.45, 2.75) is 20.0 Å². The second-order valence-corrected chi connectivity index (χ2v) is 3.99. The number of nitrogens with one attached hydrogen (secondary N) is 2. The van der Waals surface area contributed by atoms with Crippen molar-refractivity contribution in [2.24, 2.45) is 7.05 Å². The minimum atomic E-state index is 0.0196. The van der Waals surface area contributed by atoms with E-state index in [1.165, 1.54) is 6.08 Å². The van der Waals surface area contributed by atoms with Crippen LogP contribution >= 0.6 is 0 Å². The molecule has 0 unspecified atom stereocenters. The highest BCUT2D eigenvalue weighted by Gasteiger charge is 2.18. The number of aromatic nitrogens is 2. The number of nitrogens with zero attached hydrogens (tertiary/aromatic N) is 2. The minimum absolute atomic E-state index is 0.0196. The molecule has 0 saturated carbocycles. The number of ether oxygens (including phenoxy) is 1. The first-order valence-electron chi connectivity index (χ1n) is 5.57. The van der Waals surface area contributed by atoms with Gasteiger partial charge in [0.1, 0.15) is 6.10 Å². The van der Waals surface area contributed by atoms with Crippen molar-refractivity contribution in [3.63, 3.8) is 0 Å². The van der Waals surface area contributed by atoms with Crippen molar-refractivity contribution in [1.82, 2.24) is 15.1 Å². The van der Waals surface area contributed by atoms with Crippen LogP contribution in [0.15, 0.2) is 12.7 Å². The van der Waals surface area contributed by atoms with E-state index in [1.807, 2.05) is 27.9 Å². The molecule has 0 aromatic carbocycles. The molecule has 0 aliphatic heterocycles. The molecule has 0 bridgehead atoms. The van der Waals surface area contributed by atoms with Gasteiger partial charge in [0.2, 0.25) is 5.88 Å². The van der Waals surface area contributed by atoms with Crippen LogP contribution in [0.3, 0.4) is 0 Å². The fourth-order valence-electron chi connectivity index (χ4n) is 1.70. The SMILES string of the molecule is C=CC(=N)c1c(C)nn(C)c1O[C@H](C)CNC. The molecule has 1 atom stereocenters. The molecular formula is C12H20N4O. The number of aryl methyl sites for hydroxylation is 2. The lowest BCUT2D eigenvalue weighted by Crippen LogP contribution is -2.27. The molecule has 0 spiro atoms. The predicted molar refractivity (Wildman–Crippen MR) is 69.0 cm³/mol. The predicted octanol–water partition coefficient (Wildman–Crippen LogP) is 1.27. The summed E-state index contributed by atoms with van der Waals surface area (Å²) in [5, 5.41) is 15.2. The second kappa shape index (κ2) is 5.63. The summed E-state index contributed by atoms with van der Waals surface area (Å²) in [6, 6.07) is 0. The van der Waals surface area contributed by atoms with E-state index in [0.29, 0.717) is 17.2 Å². The molecule has 17 heavy (non-hydrogen) atoms. The summed E-state index contributed by atoms with van der Waals surface area (Å²) in [6.45, 7) is 8.19. The van der Waals surface area contributed by atoms with E-state index in [2.05, 4.69) is 17.0 Å². The monoisotopic (exact) mass is 236 g/mol. The highest BCUT2D eigenvalue weighted by Crippen LogP contribution is 2.23. The fraction of sp³-hybridized carbons (Fsp3) is 0.500. The molecule has 1 rings (SSSR count). The maximum Gasteiger partial charge on any atom is 0.221 e. The van der Waals surface area contributed by atoms with Gasteiger partial charge in [-0.3, -0.25) is 0 Å². The van der Waals surface area contributed by atoms with E-state index >= 15 is 0 Å². The van der Waals surface area contributed by atoms with E-state index in [9.17, 15) is 0 Å². The summed E-state index contributed by atoms with van der Waals surface area (Å²) in [7, 11) is 3.69. The van der Waals surface area contributed by atoms with Gasteiger partial charge in [-0.25, -0.2) is 4.68 Å². The van der Waals surface area contributed by atoms with Crippen LogP contribution in [0.2, 0.25) is 0 Å². The number of rotatable bonds is 6. The molecular weight excluding hydrogens is 216 g/mol. The Balaban J connectivity index is 3.05. The zero-order valence-electron chi connectivity index (χ0n) is 10.9. The first-order valence-corrected chi connectivity index (χ1v) is 5.57. The zero-order chi connectivity index (χ0) is 13.0. The van der Waals surface area contributed by atoms with Gasteiger partial charge in [0.05, 0.1) is 17.0 Å². The topological polar surface area (TPSA) is 62.9 Å². The Morgan fingerprint density at radius 1 is 1.71 bits per heavy atom. The third kappa shape index (κ3) is 2.94. The summed E-state index contributed by atoms with van der Waals surface area (Å²) in [4.78, 5) is 0. The highest BCUT2D eigenvalue weighted by atomic mass is 16.5. The Kier molecular flexibility index (Phi) is 4.45. The summed E-state index contributed by atoms with van der Waals surface area (Å²) >= 11 is 0. The van der Waals surface area contributed by atoms with E-state index in [4.69, 9.17) is 10.1 Å². The second-order valence-electron chi connectivity index (χ2n) is 3.99. The molecule has 2 N–H and O–H groups in total. The van der Waals surface area contributed by atoms with Crippen molar-refractivity contribution < 1.29 is 4.74 Å². The normalized spacial score (nSPS) is 12.2. The van der Waals surface area contributed by atoms with Crippen molar-refractivity contribution in [3.05, 3.63) is 23.9 Å². The quantitative estimate of drug-likeness (QED) is 0.731. The fourth-order valence-corrected chi connectivity index (χ4v) is 1.70. The van der Waals surface area contributed by atoms with Crippen molar-refractivity contribution >= 4 is 5.71 Å². The lowest BCUT2D eigenvalue weighted by Gasteiger charge is -2.15. The van der Waals surface area contributed by atoms with Crippen LogP contribution in [-0.4, -0.2) is 35.2 Å². The van der Waals surface area contributed by atoms with Gasteiger partial charge in [0, 0.05) is 13.6 Å². The van der Waals surface area contributed by atoms with Gasteiger partial charge in [-0.1, -0.05) is 6.58 Å².